The highest BCUT2D eigenvalue weighted by Gasteiger charge is 2.23. The van der Waals surface area contributed by atoms with E-state index in [0.717, 1.165) is 31.2 Å². The van der Waals surface area contributed by atoms with Crippen molar-refractivity contribution in [3.05, 3.63) is 103 Å². The van der Waals surface area contributed by atoms with E-state index in [9.17, 15) is 8.78 Å². The number of allylic oxidation sites excluding steroid dienone is 1. The number of ether oxygens (including phenoxy) is 2. The van der Waals surface area contributed by atoms with Crippen molar-refractivity contribution in [2.24, 2.45) is 0 Å². The zero-order valence-corrected chi connectivity index (χ0v) is 19.6. The summed E-state index contributed by atoms with van der Waals surface area (Å²) in [5, 5.41) is 0. The summed E-state index contributed by atoms with van der Waals surface area (Å²) in [6, 6.07) is 14.9. The molecule has 1 aliphatic rings. The molecule has 1 fully saturated rings. The predicted molar refractivity (Wildman–Crippen MR) is 134 cm³/mol. The molecule has 0 spiro atoms. The number of halogens is 3. The molecule has 3 aromatic carbocycles. The summed E-state index contributed by atoms with van der Waals surface area (Å²) >= 11 is 0. The Bertz CT molecular complexity index is 1180. The van der Waals surface area contributed by atoms with E-state index in [0.29, 0.717) is 23.3 Å². The first kappa shape index (κ1) is 24.8. The maximum Gasteiger partial charge on any atom is 0.201 e. The lowest BCUT2D eigenvalue weighted by Gasteiger charge is -2.29. The second-order valence-electron chi connectivity index (χ2n) is 8.75. The van der Waals surface area contributed by atoms with Gasteiger partial charge in [0, 0.05) is 17.0 Å². The summed E-state index contributed by atoms with van der Waals surface area (Å²) in [4.78, 5) is 0. The van der Waals surface area contributed by atoms with Crippen LogP contribution in [0.1, 0.15) is 37.2 Å². The van der Waals surface area contributed by atoms with E-state index in [1.165, 1.54) is 18.2 Å². The molecule has 3 aromatic rings. The Morgan fingerprint density at radius 3 is 2.20 bits per heavy atom. The zero-order chi connectivity index (χ0) is 24.8. The van der Waals surface area contributed by atoms with Crippen molar-refractivity contribution >= 4 is 0 Å². The number of rotatable bonds is 9. The molecule has 2 atom stereocenters. The highest BCUT2D eigenvalue weighted by molar-refractivity contribution is 5.71. The molecule has 182 valence electrons. The van der Waals surface area contributed by atoms with Crippen molar-refractivity contribution in [2.75, 3.05) is 13.2 Å². The number of hydrogen-bond donors (Lipinski definition) is 0. The quantitative estimate of drug-likeness (QED) is 0.288. The molecular formula is C30H29F3O2. The largest absolute Gasteiger partial charge is 0.486 e. The zero-order valence-electron chi connectivity index (χ0n) is 19.6. The van der Waals surface area contributed by atoms with Gasteiger partial charge in [0.1, 0.15) is 12.4 Å². The molecule has 0 radical (unpaired) electrons. The summed E-state index contributed by atoms with van der Waals surface area (Å²) in [6.07, 6.45) is 7.45. The van der Waals surface area contributed by atoms with Gasteiger partial charge in [-0.3, -0.25) is 0 Å². The molecule has 1 aliphatic heterocycles. The van der Waals surface area contributed by atoms with Crippen LogP contribution in [0.3, 0.4) is 0 Å². The fourth-order valence-corrected chi connectivity index (χ4v) is 4.46. The van der Waals surface area contributed by atoms with Crippen LogP contribution in [-0.4, -0.2) is 19.3 Å². The van der Waals surface area contributed by atoms with Gasteiger partial charge < -0.3 is 9.47 Å². The van der Waals surface area contributed by atoms with E-state index in [1.807, 2.05) is 12.1 Å². The van der Waals surface area contributed by atoms with Crippen LogP contribution in [-0.2, 0) is 4.74 Å². The van der Waals surface area contributed by atoms with Crippen LogP contribution in [0.25, 0.3) is 22.3 Å². The van der Waals surface area contributed by atoms with Crippen molar-refractivity contribution in [1.82, 2.24) is 0 Å². The molecule has 1 saturated heterocycles. The second kappa shape index (κ2) is 11.4. The van der Waals surface area contributed by atoms with Crippen molar-refractivity contribution in [3.8, 4) is 28.0 Å². The molecule has 0 aliphatic carbocycles. The molecule has 1 heterocycles. The maximum absolute atomic E-state index is 15.0. The number of benzene rings is 3. The third-order valence-corrected chi connectivity index (χ3v) is 6.44. The minimum Gasteiger partial charge on any atom is -0.486 e. The molecule has 0 N–H and O–H groups in total. The summed E-state index contributed by atoms with van der Waals surface area (Å²) in [5.41, 5.74) is 2.65. The first-order valence-electron chi connectivity index (χ1n) is 11.9. The van der Waals surface area contributed by atoms with E-state index in [-0.39, 0.29) is 35.8 Å². The van der Waals surface area contributed by atoms with Crippen molar-refractivity contribution in [2.45, 2.75) is 37.7 Å². The molecule has 35 heavy (non-hydrogen) atoms. The van der Waals surface area contributed by atoms with Gasteiger partial charge in [0.25, 0.3) is 0 Å². The van der Waals surface area contributed by atoms with E-state index in [1.54, 1.807) is 36.4 Å². The van der Waals surface area contributed by atoms with Gasteiger partial charge in [0.2, 0.25) is 5.82 Å². The lowest BCUT2D eigenvalue weighted by atomic mass is 9.89. The molecule has 2 nitrogen and oxygen atoms in total. The van der Waals surface area contributed by atoms with Gasteiger partial charge in [-0.2, -0.15) is 4.39 Å². The monoisotopic (exact) mass is 478 g/mol. The Morgan fingerprint density at radius 2 is 1.57 bits per heavy atom. The van der Waals surface area contributed by atoms with Crippen LogP contribution >= 0.6 is 0 Å². The highest BCUT2D eigenvalue weighted by atomic mass is 19.2. The summed E-state index contributed by atoms with van der Waals surface area (Å²) in [5.74, 6) is -2.34. The van der Waals surface area contributed by atoms with E-state index in [4.69, 9.17) is 9.47 Å². The van der Waals surface area contributed by atoms with Gasteiger partial charge in [0.05, 0.1) is 12.7 Å². The predicted octanol–water partition coefficient (Wildman–Crippen LogP) is 8.23. The molecule has 5 heteroatoms. The molecule has 4 rings (SSSR count). The van der Waals surface area contributed by atoms with Crippen molar-refractivity contribution in [3.63, 3.8) is 0 Å². The van der Waals surface area contributed by atoms with Gasteiger partial charge in [-0.1, -0.05) is 55.1 Å². The molecule has 2 unspecified atom stereocenters. The Morgan fingerprint density at radius 1 is 0.857 bits per heavy atom. The van der Waals surface area contributed by atoms with Crippen LogP contribution in [0, 0.1) is 17.5 Å². The van der Waals surface area contributed by atoms with E-state index >= 15 is 4.39 Å². The molecule has 0 saturated carbocycles. The first-order chi connectivity index (χ1) is 17.0. The van der Waals surface area contributed by atoms with Gasteiger partial charge in [-0.15, -0.1) is 6.58 Å². The van der Waals surface area contributed by atoms with E-state index < -0.39 is 11.6 Å². The van der Waals surface area contributed by atoms with Crippen LogP contribution in [0.15, 0.2) is 79.9 Å². The topological polar surface area (TPSA) is 18.5 Å². The third kappa shape index (κ3) is 5.68. The molecule has 0 bridgehead atoms. The third-order valence-electron chi connectivity index (χ3n) is 6.44. The second-order valence-corrected chi connectivity index (χ2v) is 8.75. The van der Waals surface area contributed by atoms with Crippen molar-refractivity contribution in [1.29, 1.82) is 0 Å². The average molecular weight is 479 g/mol. The van der Waals surface area contributed by atoms with Crippen molar-refractivity contribution < 1.29 is 22.6 Å². The Labute approximate surface area is 204 Å². The van der Waals surface area contributed by atoms with Crippen LogP contribution in [0.2, 0.25) is 0 Å². The lowest BCUT2D eigenvalue weighted by Crippen LogP contribution is -2.24. The summed E-state index contributed by atoms with van der Waals surface area (Å²) in [7, 11) is 0. The number of hydrogen-bond acceptors (Lipinski definition) is 2. The Hall–Kier alpha value is -3.31. The van der Waals surface area contributed by atoms with Gasteiger partial charge in [-0.05, 0) is 60.6 Å². The lowest BCUT2D eigenvalue weighted by molar-refractivity contribution is -0.000212. The normalized spacial score (nSPS) is 17.7. The summed E-state index contributed by atoms with van der Waals surface area (Å²) < 4.78 is 55.1. The van der Waals surface area contributed by atoms with Gasteiger partial charge >= 0.3 is 0 Å². The average Bonchev–Trinajstić information content (AvgIpc) is 2.89. The van der Waals surface area contributed by atoms with Crippen LogP contribution in [0.4, 0.5) is 13.2 Å². The van der Waals surface area contributed by atoms with E-state index in [2.05, 4.69) is 13.2 Å². The Balaban J connectivity index is 1.48. The molecular weight excluding hydrogens is 449 g/mol. The first-order valence-corrected chi connectivity index (χ1v) is 11.9. The Kier molecular flexibility index (Phi) is 8.09. The highest BCUT2D eigenvalue weighted by Crippen LogP contribution is 2.34. The van der Waals surface area contributed by atoms with Crippen LogP contribution in [0.5, 0.6) is 5.75 Å². The van der Waals surface area contributed by atoms with Gasteiger partial charge in [0.15, 0.2) is 11.6 Å². The maximum atomic E-state index is 15.0. The SMILES string of the molecule is C=CCCC1CCC(c2ccc(-c3ccc(-c4ccc(OCC=C)c(F)c4F)cc3)c(F)c2)CO1. The fraction of sp³-hybridized carbons (Fsp3) is 0.267. The summed E-state index contributed by atoms with van der Waals surface area (Å²) in [6.45, 7) is 7.92. The fourth-order valence-electron chi connectivity index (χ4n) is 4.46. The standard InChI is InChI=1S/C30H29F3O2/c1-3-5-6-24-13-11-23(19-35-24)22-12-14-25(27(31)18-22)20-7-9-21(10-8-20)26-15-16-28(34-17-4-2)30(33)29(26)32/h3-4,7-10,12,14-16,18,23-24H,1-2,5-6,11,13,17,19H2. The smallest absolute Gasteiger partial charge is 0.201 e. The minimum atomic E-state index is -1.05. The minimum absolute atomic E-state index is 0.0821. The molecule has 0 amide bonds. The van der Waals surface area contributed by atoms with Gasteiger partial charge in [-0.25, -0.2) is 8.78 Å². The van der Waals surface area contributed by atoms with Crippen LogP contribution < -0.4 is 4.74 Å². The molecule has 0 aromatic heterocycles.